The zero-order valence-corrected chi connectivity index (χ0v) is 14.8. The zero-order valence-electron chi connectivity index (χ0n) is 13.2. The van der Waals surface area contributed by atoms with Crippen molar-refractivity contribution in [3.63, 3.8) is 0 Å². The van der Waals surface area contributed by atoms with Crippen molar-refractivity contribution in [1.29, 1.82) is 0 Å². The van der Waals surface area contributed by atoms with Crippen molar-refractivity contribution in [1.82, 2.24) is 19.9 Å². The average molecular weight is 360 g/mol. The van der Waals surface area contributed by atoms with Gasteiger partial charge in [-0.3, -0.25) is 9.36 Å². The minimum Gasteiger partial charge on any atom is -0.348 e. The maximum atomic E-state index is 12.2. The Labute approximate surface area is 148 Å². The molecule has 1 atom stereocenters. The highest BCUT2D eigenvalue weighted by molar-refractivity contribution is 5.94. The summed E-state index contributed by atoms with van der Waals surface area (Å²) in [4.78, 5) is 20.4. The van der Waals surface area contributed by atoms with Gasteiger partial charge in [0.1, 0.15) is 12.1 Å². The first-order chi connectivity index (χ1) is 10.1. The number of nitrogens with one attached hydrogen (secondary N) is 1. The molecule has 0 aromatic carbocycles. The van der Waals surface area contributed by atoms with Crippen LogP contribution in [0.3, 0.4) is 0 Å². The normalized spacial score (nSPS) is 11.3. The van der Waals surface area contributed by atoms with E-state index in [9.17, 15) is 4.79 Å². The Morgan fingerprint density at radius 1 is 1.35 bits per heavy atom. The number of nitrogens with two attached hydrogens (primary N) is 1. The Kier molecular flexibility index (Phi) is 9.48. The summed E-state index contributed by atoms with van der Waals surface area (Å²) in [7, 11) is 0. The zero-order chi connectivity index (χ0) is 15.2. The lowest BCUT2D eigenvalue weighted by molar-refractivity contribution is 0.0933. The summed E-state index contributed by atoms with van der Waals surface area (Å²) in [5.74, 6) is 1.07. The summed E-state index contributed by atoms with van der Waals surface area (Å²) in [6.45, 7) is 4.65. The van der Waals surface area contributed by atoms with Crippen molar-refractivity contribution >= 4 is 30.7 Å². The van der Waals surface area contributed by atoms with Crippen LogP contribution in [0.2, 0.25) is 0 Å². The van der Waals surface area contributed by atoms with Crippen molar-refractivity contribution in [2.45, 2.75) is 26.3 Å². The summed E-state index contributed by atoms with van der Waals surface area (Å²) >= 11 is 0. The van der Waals surface area contributed by atoms with E-state index in [1.54, 1.807) is 41.6 Å². The predicted molar refractivity (Wildman–Crippen MR) is 95.6 cm³/mol. The van der Waals surface area contributed by atoms with E-state index in [-0.39, 0.29) is 36.8 Å². The number of halogens is 2. The lowest BCUT2D eigenvalue weighted by Gasteiger charge is -2.18. The van der Waals surface area contributed by atoms with Crippen LogP contribution < -0.4 is 11.1 Å². The molecule has 0 saturated heterocycles. The molecule has 2 heterocycles. The number of carbonyl (C=O) groups is 1. The van der Waals surface area contributed by atoms with Crippen molar-refractivity contribution in [2.75, 3.05) is 6.54 Å². The first-order valence-electron chi connectivity index (χ1n) is 7.05. The Morgan fingerprint density at radius 2 is 2.09 bits per heavy atom. The highest BCUT2D eigenvalue weighted by Gasteiger charge is 2.14. The number of aromatic nitrogens is 3. The van der Waals surface area contributed by atoms with E-state index >= 15 is 0 Å². The van der Waals surface area contributed by atoms with Crippen molar-refractivity contribution < 1.29 is 4.79 Å². The topological polar surface area (TPSA) is 85.8 Å². The number of hydrogen-bond donors (Lipinski definition) is 2. The molecule has 0 bridgehead atoms. The molecule has 1 amide bonds. The van der Waals surface area contributed by atoms with Gasteiger partial charge in [-0.2, -0.15) is 0 Å². The molecule has 8 heteroatoms. The SMILES string of the molecule is CC(C)CC(CN)NC(=O)c1ccc(-n2ccnc2)nc1.Cl.Cl. The number of carbonyl (C=O) groups excluding carboxylic acids is 1. The molecule has 0 aliphatic carbocycles. The van der Waals surface area contributed by atoms with Crippen LogP contribution >= 0.6 is 24.8 Å². The molecule has 2 rings (SSSR count). The van der Waals surface area contributed by atoms with Gasteiger partial charge in [0, 0.05) is 31.2 Å². The van der Waals surface area contributed by atoms with Gasteiger partial charge < -0.3 is 11.1 Å². The molecule has 0 radical (unpaired) electrons. The van der Waals surface area contributed by atoms with Crippen LogP contribution in [0.5, 0.6) is 0 Å². The van der Waals surface area contributed by atoms with E-state index in [0.29, 0.717) is 18.0 Å². The Bertz CT molecular complexity index is 572. The fourth-order valence-corrected chi connectivity index (χ4v) is 2.12. The maximum Gasteiger partial charge on any atom is 0.253 e. The Balaban J connectivity index is 0.00000242. The van der Waals surface area contributed by atoms with Crippen molar-refractivity contribution in [3.05, 3.63) is 42.6 Å². The quantitative estimate of drug-likeness (QED) is 0.827. The van der Waals surface area contributed by atoms with Gasteiger partial charge in [-0.05, 0) is 24.5 Å². The fraction of sp³-hybridized carbons (Fsp3) is 0.400. The average Bonchev–Trinajstić information content (AvgIpc) is 3.00. The van der Waals surface area contributed by atoms with Crippen LogP contribution in [-0.2, 0) is 0 Å². The molecule has 0 saturated carbocycles. The lowest BCUT2D eigenvalue weighted by Crippen LogP contribution is -2.41. The van der Waals surface area contributed by atoms with Crippen LogP contribution in [0.25, 0.3) is 5.82 Å². The van der Waals surface area contributed by atoms with Gasteiger partial charge >= 0.3 is 0 Å². The standard InChI is InChI=1S/C15H21N5O.2ClH/c1-11(2)7-13(8-16)19-15(21)12-3-4-14(18-9-12)20-6-5-17-10-20;;/h3-6,9-11,13H,7-8,16H2,1-2H3,(H,19,21);2*1H. The van der Waals surface area contributed by atoms with Crippen LogP contribution in [0.15, 0.2) is 37.1 Å². The predicted octanol–water partition coefficient (Wildman–Crippen LogP) is 2.21. The smallest absolute Gasteiger partial charge is 0.253 e. The van der Waals surface area contributed by atoms with E-state index in [2.05, 4.69) is 29.1 Å². The molecule has 0 aliphatic rings. The molecule has 6 nitrogen and oxygen atoms in total. The van der Waals surface area contributed by atoms with E-state index in [0.717, 1.165) is 12.2 Å². The third-order valence-electron chi connectivity index (χ3n) is 3.15. The molecule has 128 valence electrons. The molecule has 0 aliphatic heterocycles. The number of pyridine rings is 1. The highest BCUT2D eigenvalue weighted by Crippen LogP contribution is 2.07. The number of rotatable bonds is 6. The molecule has 0 spiro atoms. The molecule has 3 N–H and O–H groups in total. The highest BCUT2D eigenvalue weighted by atomic mass is 35.5. The molecular weight excluding hydrogens is 337 g/mol. The summed E-state index contributed by atoms with van der Waals surface area (Å²) in [5, 5.41) is 2.95. The summed E-state index contributed by atoms with van der Waals surface area (Å²) in [5.41, 5.74) is 6.22. The van der Waals surface area contributed by atoms with Crippen LogP contribution in [-0.4, -0.2) is 33.0 Å². The molecule has 1 unspecified atom stereocenters. The molecular formula is C15H23Cl2N5O. The van der Waals surface area contributed by atoms with Gasteiger partial charge in [-0.15, -0.1) is 24.8 Å². The molecule has 2 aromatic heterocycles. The largest absolute Gasteiger partial charge is 0.348 e. The van der Waals surface area contributed by atoms with Gasteiger partial charge in [-0.1, -0.05) is 13.8 Å². The number of imidazole rings is 1. The second-order valence-electron chi connectivity index (χ2n) is 5.41. The summed E-state index contributed by atoms with van der Waals surface area (Å²) in [6, 6.07) is 3.53. The number of nitrogens with zero attached hydrogens (tertiary/aromatic N) is 3. The number of amides is 1. The third-order valence-corrected chi connectivity index (χ3v) is 3.15. The molecule has 0 fully saturated rings. The third kappa shape index (κ3) is 6.17. The monoisotopic (exact) mass is 359 g/mol. The van der Waals surface area contributed by atoms with Crippen molar-refractivity contribution in [3.8, 4) is 5.82 Å². The van der Waals surface area contributed by atoms with Crippen LogP contribution in [0.1, 0.15) is 30.6 Å². The van der Waals surface area contributed by atoms with Gasteiger partial charge in [0.2, 0.25) is 0 Å². The Hall–Kier alpha value is -1.63. The van der Waals surface area contributed by atoms with Gasteiger partial charge in [0.25, 0.3) is 5.91 Å². The molecule has 23 heavy (non-hydrogen) atoms. The first-order valence-corrected chi connectivity index (χ1v) is 7.05. The van der Waals surface area contributed by atoms with Crippen LogP contribution in [0.4, 0.5) is 0 Å². The van der Waals surface area contributed by atoms with Gasteiger partial charge in [0.15, 0.2) is 0 Å². The van der Waals surface area contributed by atoms with Gasteiger partial charge in [-0.25, -0.2) is 9.97 Å². The van der Waals surface area contributed by atoms with E-state index in [1.807, 2.05) is 0 Å². The fourth-order valence-electron chi connectivity index (χ4n) is 2.12. The van der Waals surface area contributed by atoms with E-state index in [1.165, 1.54) is 0 Å². The maximum absolute atomic E-state index is 12.2. The summed E-state index contributed by atoms with van der Waals surface area (Å²) in [6.07, 6.45) is 7.57. The van der Waals surface area contributed by atoms with E-state index < -0.39 is 0 Å². The summed E-state index contributed by atoms with van der Waals surface area (Å²) < 4.78 is 1.78. The lowest BCUT2D eigenvalue weighted by atomic mass is 10.0. The minimum atomic E-state index is -0.143. The van der Waals surface area contributed by atoms with Crippen molar-refractivity contribution in [2.24, 2.45) is 11.7 Å². The van der Waals surface area contributed by atoms with E-state index in [4.69, 9.17) is 5.73 Å². The second kappa shape index (κ2) is 10.2. The minimum absolute atomic E-state index is 0. The molecule has 2 aromatic rings. The number of hydrogen-bond acceptors (Lipinski definition) is 4. The first kappa shape index (κ1) is 21.4. The second-order valence-corrected chi connectivity index (χ2v) is 5.41. The van der Waals surface area contributed by atoms with Crippen LogP contribution in [0, 0.1) is 5.92 Å². The van der Waals surface area contributed by atoms with Gasteiger partial charge in [0.05, 0.1) is 5.56 Å². The Morgan fingerprint density at radius 3 is 2.57 bits per heavy atom.